The zero-order chi connectivity index (χ0) is 30.9. The van der Waals surface area contributed by atoms with Crippen molar-refractivity contribution in [2.24, 2.45) is 5.10 Å². The summed E-state index contributed by atoms with van der Waals surface area (Å²) in [5.41, 5.74) is 5.73. The third-order valence-electron chi connectivity index (χ3n) is 6.19. The first-order valence-electron chi connectivity index (χ1n) is 13.2. The second-order valence-electron chi connectivity index (χ2n) is 9.19. The van der Waals surface area contributed by atoms with E-state index >= 15 is 0 Å². The Morgan fingerprint density at radius 2 is 1.82 bits per heavy atom. The number of thioether (sulfide) groups is 1. The molecule has 44 heavy (non-hydrogen) atoms. The SMILES string of the molecule is COc1ccc(/C=N\NC(=O)CSc2nnc(-c3cccc(Br)c3)n2-c2ccccc2)cc1OCc1ccc([N+](=O)[O-])cc1. The van der Waals surface area contributed by atoms with Crippen LogP contribution < -0.4 is 14.9 Å². The molecule has 222 valence electrons. The zero-order valence-electron chi connectivity index (χ0n) is 23.3. The highest BCUT2D eigenvalue weighted by atomic mass is 79.9. The summed E-state index contributed by atoms with van der Waals surface area (Å²) < 4.78 is 14.1. The van der Waals surface area contributed by atoms with Gasteiger partial charge in [-0.1, -0.05) is 58.0 Å². The molecule has 0 radical (unpaired) electrons. The molecule has 0 atom stereocenters. The van der Waals surface area contributed by atoms with Crippen LogP contribution in [-0.2, 0) is 11.4 Å². The molecule has 0 saturated heterocycles. The molecule has 4 aromatic carbocycles. The van der Waals surface area contributed by atoms with Crippen LogP contribution in [0.5, 0.6) is 11.5 Å². The van der Waals surface area contributed by atoms with Gasteiger partial charge in [-0.05, 0) is 65.7 Å². The minimum Gasteiger partial charge on any atom is -0.493 e. The summed E-state index contributed by atoms with van der Waals surface area (Å²) in [7, 11) is 1.53. The third kappa shape index (κ3) is 7.68. The van der Waals surface area contributed by atoms with Crippen LogP contribution in [-0.4, -0.2) is 44.7 Å². The van der Waals surface area contributed by atoms with Crippen molar-refractivity contribution in [2.45, 2.75) is 11.8 Å². The summed E-state index contributed by atoms with van der Waals surface area (Å²) in [6.07, 6.45) is 1.50. The van der Waals surface area contributed by atoms with E-state index < -0.39 is 4.92 Å². The largest absolute Gasteiger partial charge is 0.493 e. The molecule has 5 aromatic rings. The molecule has 5 rings (SSSR count). The second kappa shape index (κ2) is 14.4. The van der Waals surface area contributed by atoms with E-state index in [0.717, 1.165) is 21.3 Å². The molecular formula is C31H25BrN6O5S. The van der Waals surface area contributed by atoms with Crippen molar-refractivity contribution in [2.75, 3.05) is 12.9 Å². The lowest BCUT2D eigenvalue weighted by atomic mass is 10.2. The highest BCUT2D eigenvalue weighted by Gasteiger charge is 2.17. The number of carbonyl (C=O) groups excluding carboxylic acids is 1. The number of carbonyl (C=O) groups is 1. The van der Waals surface area contributed by atoms with Crippen LogP contribution in [0.2, 0.25) is 0 Å². The minimum absolute atomic E-state index is 0.00778. The van der Waals surface area contributed by atoms with Gasteiger partial charge in [0, 0.05) is 27.9 Å². The maximum atomic E-state index is 12.7. The number of ether oxygens (including phenoxy) is 2. The number of non-ortho nitro benzene ring substituents is 1. The molecule has 1 N–H and O–H groups in total. The molecule has 1 amide bonds. The van der Waals surface area contributed by atoms with E-state index in [9.17, 15) is 14.9 Å². The van der Waals surface area contributed by atoms with Crippen molar-refractivity contribution >= 4 is 45.5 Å². The molecule has 11 nitrogen and oxygen atoms in total. The minimum atomic E-state index is -0.453. The number of nitro groups is 1. The van der Waals surface area contributed by atoms with Crippen molar-refractivity contribution in [1.29, 1.82) is 0 Å². The maximum Gasteiger partial charge on any atom is 0.269 e. The van der Waals surface area contributed by atoms with Crippen molar-refractivity contribution in [3.8, 4) is 28.6 Å². The maximum absolute atomic E-state index is 12.7. The Bertz CT molecular complexity index is 1800. The van der Waals surface area contributed by atoms with E-state index in [4.69, 9.17) is 9.47 Å². The average molecular weight is 674 g/mol. The Kier molecular flexibility index (Phi) is 10.00. The van der Waals surface area contributed by atoms with Crippen LogP contribution in [0, 0.1) is 10.1 Å². The van der Waals surface area contributed by atoms with Crippen molar-refractivity contribution in [1.82, 2.24) is 20.2 Å². The number of rotatable bonds is 12. The smallest absolute Gasteiger partial charge is 0.269 e. The predicted octanol–water partition coefficient (Wildman–Crippen LogP) is 6.44. The Hall–Kier alpha value is -5.01. The van der Waals surface area contributed by atoms with Gasteiger partial charge in [-0.25, -0.2) is 5.43 Å². The number of nitro benzene ring substituents is 1. The number of hydrazone groups is 1. The van der Waals surface area contributed by atoms with Gasteiger partial charge in [0.2, 0.25) is 0 Å². The van der Waals surface area contributed by atoms with Crippen molar-refractivity contribution < 1.29 is 19.2 Å². The molecule has 1 aromatic heterocycles. The number of hydrogen-bond donors (Lipinski definition) is 1. The van der Waals surface area contributed by atoms with E-state index in [-0.39, 0.29) is 24.0 Å². The van der Waals surface area contributed by atoms with Gasteiger partial charge in [-0.15, -0.1) is 10.2 Å². The van der Waals surface area contributed by atoms with E-state index in [1.165, 1.54) is 37.2 Å². The third-order valence-corrected chi connectivity index (χ3v) is 7.62. The number of nitrogens with zero attached hydrogens (tertiary/aromatic N) is 5. The summed E-state index contributed by atoms with van der Waals surface area (Å²) in [6.45, 7) is 0.180. The quantitative estimate of drug-likeness (QED) is 0.0693. The number of methoxy groups -OCH3 is 1. The van der Waals surface area contributed by atoms with Crippen LogP contribution in [0.25, 0.3) is 17.1 Å². The molecule has 0 unspecified atom stereocenters. The van der Waals surface area contributed by atoms with Gasteiger partial charge in [0.05, 0.1) is 24.0 Å². The van der Waals surface area contributed by atoms with Crippen LogP contribution in [0.1, 0.15) is 11.1 Å². The van der Waals surface area contributed by atoms with Crippen LogP contribution in [0.4, 0.5) is 5.69 Å². The summed E-state index contributed by atoms with van der Waals surface area (Å²) in [4.78, 5) is 23.1. The number of hydrogen-bond acceptors (Lipinski definition) is 9. The number of aromatic nitrogens is 3. The lowest BCUT2D eigenvalue weighted by molar-refractivity contribution is -0.384. The number of amides is 1. The Morgan fingerprint density at radius 1 is 1.02 bits per heavy atom. The van der Waals surface area contributed by atoms with Crippen LogP contribution in [0.3, 0.4) is 0 Å². The standard InChI is InChI=1S/C31H25BrN6O5S/c1-42-27-15-12-22(16-28(27)43-19-21-10-13-26(14-11-21)38(40)41)18-33-34-29(39)20-44-31-36-35-30(23-6-5-7-24(32)17-23)37(31)25-8-3-2-4-9-25/h2-18H,19-20H2,1H3,(H,34,39)/b33-18-. The first kappa shape index (κ1) is 30.4. The number of benzene rings is 4. The molecule has 13 heteroatoms. The number of nitrogens with one attached hydrogen (secondary N) is 1. The molecule has 0 aliphatic heterocycles. The fraction of sp³-hybridized carbons (Fsp3) is 0.0968. The lowest BCUT2D eigenvalue weighted by Gasteiger charge is -2.11. The Labute approximate surface area is 265 Å². The summed E-state index contributed by atoms with van der Waals surface area (Å²) >= 11 is 4.76. The predicted molar refractivity (Wildman–Crippen MR) is 171 cm³/mol. The first-order valence-corrected chi connectivity index (χ1v) is 14.9. The molecule has 0 spiro atoms. The Balaban J connectivity index is 1.22. The summed E-state index contributed by atoms with van der Waals surface area (Å²) in [5.74, 6) is 1.37. The molecule has 0 aliphatic rings. The van der Waals surface area contributed by atoms with Gasteiger partial charge in [-0.2, -0.15) is 5.10 Å². The molecule has 1 heterocycles. The highest BCUT2D eigenvalue weighted by molar-refractivity contribution is 9.10. The average Bonchev–Trinajstić information content (AvgIpc) is 3.47. The van der Waals surface area contributed by atoms with Gasteiger partial charge in [0.15, 0.2) is 22.5 Å². The number of halogens is 1. The van der Waals surface area contributed by atoms with Gasteiger partial charge in [0.1, 0.15) is 6.61 Å². The number of para-hydroxylation sites is 1. The van der Waals surface area contributed by atoms with Crippen molar-refractivity contribution in [3.63, 3.8) is 0 Å². The molecular weight excluding hydrogens is 648 g/mol. The normalized spacial score (nSPS) is 11.0. The molecule has 0 bridgehead atoms. The molecule has 0 fully saturated rings. The topological polar surface area (TPSA) is 134 Å². The molecule has 0 saturated carbocycles. The highest BCUT2D eigenvalue weighted by Crippen LogP contribution is 2.30. The van der Waals surface area contributed by atoms with E-state index in [2.05, 4.69) is 36.7 Å². The fourth-order valence-corrected chi connectivity index (χ4v) is 5.23. The summed E-state index contributed by atoms with van der Waals surface area (Å²) in [6, 6.07) is 28.8. The van der Waals surface area contributed by atoms with E-state index in [1.807, 2.05) is 59.2 Å². The van der Waals surface area contributed by atoms with Crippen molar-refractivity contribution in [3.05, 3.63) is 123 Å². The van der Waals surface area contributed by atoms with Crippen LogP contribution >= 0.6 is 27.7 Å². The fourth-order valence-electron chi connectivity index (χ4n) is 4.09. The Morgan fingerprint density at radius 3 is 2.55 bits per heavy atom. The van der Waals surface area contributed by atoms with E-state index in [0.29, 0.717) is 28.0 Å². The van der Waals surface area contributed by atoms with Crippen LogP contribution in [0.15, 0.2) is 112 Å². The van der Waals surface area contributed by atoms with Gasteiger partial charge in [0.25, 0.3) is 11.6 Å². The zero-order valence-corrected chi connectivity index (χ0v) is 25.7. The first-order chi connectivity index (χ1) is 21.4. The van der Waals surface area contributed by atoms with Gasteiger partial charge >= 0.3 is 0 Å². The molecule has 0 aliphatic carbocycles. The summed E-state index contributed by atoms with van der Waals surface area (Å²) in [5, 5.41) is 24.3. The lowest BCUT2D eigenvalue weighted by Crippen LogP contribution is -2.20. The van der Waals surface area contributed by atoms with E-state index in [1.54, 1.807) is 30.3 Å². The van der Waals surface area contributed by atoms with Gasteiger partial charge < -0.3 is 9.47 Å². The second-order valence-corrected chi connectivity index (χ2v) is 11.1. The monoisotopic (exact) mass is 672 g/mol. The van der Waals surface area contributed by atoms with Gasteiger partial charge in [-0.3, -0.25) is 19.5 Å².